The number of hydrogen-bond acceptors (Lipinski definition) is 3. The molecule has 1 amide bonds. The number of carboxylic acids is 1. The normalized spacial score (nSPS) is 11.9. The van der Waals surface area contributed by atoms with E-state index >= 15 is 0 Å². The fourth-order valence-corrected chi connectivity index (χ4v) is 1.68. The molecule has 1 rings (SSSR count). The van der Waals surface area contributed by atoms with Crippen LogP contribution in [-0.4, -0.2) is 30.1 Å². The molecule has 0 aliphatic heterocycles. The van der Waals surface area contributed by atoms with Gasteiger partial charge in [0.25, 0.3) is 0 Å². The molecule has 0 bridgehead atoms. The molecule has 1 atom stereocenters. The van der Waals surface area contributed by atoms with Gasteiger partial charge in [0.1, 0.15) is 0 Å². The van der Waals surface area contributed by atoms with Gasteiger partial charge >= 0.3 is 5.97 Å². The number of benzene rings is 1. The first-order chi connectivity index (χ1) is 8.95. The van der Waals surface area contributed by atoms with Crippen LogP contribution in [0.25, 0.3) is 0 Å². The van der Waals surface area contributed by atoms with E-state index in [2.05, 4.69) is 10.6 Å². The van der Waals surface area contributed by atoms with Gasteiger partial charge in [0.15, 0.2) is 0 Å². The number of halogens is 1. The molecule has 0 heterocycles. The van der Waals surface area contributed by atoms with Gasteiger partial charge in [-0.3, -0.25) is 4.79 Å². The first kappa shape index (κ1) is 15.5. The van der Waals surface area contributed by atoms with E-state index in [9.17, 15) is 9.59 Å². The van der Waals surface area contributed by atoms with Crippen molar-refractivity contribution in [1.82, 2.24) is 5.32 Å². The number of anilines is 1. The molecule has 104 valence electrons. The van der Waals surface area contributed by atoms with Gasteiger partial charge in [-0.1, -0.05) is 25.4 Å². The van der Waals surface area contributed by atoms with Gasteiger partial charge in [0.2, 0.25) is 5.91 Å². The minimum atomic E-state index is -1.13. The van der Waals surface area contributed by atoms with E-state index in [1.54, 1.807) is 13.0 Å². The zero-order chi connectivity index (χ0) is 14.4. The number of aromatic carboxylic acids is 1. The lowest BCUT2D eigenvalue weighted by Gasteiger charge is -2.14. The van der Waals surface area contributed by atoms with Crippen molar-refractivity contribution in [3.05, 3.63) is 28.8 Å². The Morgan fingerprint density at radius 3 is 2.68 bits per heavy atom. The van der Waals surface area contributed by atoms with E-state index < -0.39 is 5.97 Å². The van der Waals surface area contributed by atoms with Crippen LogP contribution >= 0.6 is 11.6 Å². The summed E-state index contributed by atoms with van der Waals surface area (Å²) in [6, 6.07) is 4.34. The molecule has 0 saturated carbocycles. The highest BCUT2D eigenvalue weighted by molar-refractivity contribution is 6.31. The number of amides is 1. The molecule has 0 aliphatic rings. The fraction of sp³-hybridized carbons (Fsp3) is 0.385. The van der Waals surface area contributed by atoms with Crippen molar-refractivity contribution >= 4 is 29.2 Å². The SMILES string of the molecule is CCNCC(C)C(=O)Nc1ccc(Cl)cc1C(=O)O. The lowest BCUT2D eigenvalue weighted by molar-refractivity contribution is -0.119. The number of rotatable bonds is 6. The molecule has 3 N–H and O–H groups in total. The van der Waals surface area contributed by atoms with E-state index in [1.807, 2.05) is 6.92 Å². The molecule has 0 spiro atoms. The Hall–Kier alpha value is -1.59. The molecule has 1 aromatic carbocycles. The number of carbonyl (C=O) groups excluding carboxylic acids is 1. The summed E-state index contributed by atoms with van der Waals surface area (Å²) in [6.45, 7) is 5.04. The number of nitrogens with one attached hydrogen (secondary N) is 2. The van der Waals surface area contributed by atoms with Crippen molar-refractivity contribution in [3.63, 3.8) is 0 Å². The molecule has 0 fully saturated rings. The monoisotopic (exact) mass is 284 g/mol. The predicted octanol–water partition coefficient (Wildman–Crippen LogP) is 2.22. The molecular weight excluding hydrogens is 268 g/mol. The van der Waals surface area contributed by atoms with Crippen LogP contribution in [0.2, 0.25) is 5.02 Å². The Morgan fingerprint density at radius 2 is 2.11 bits per heavy atom. The molecule has 0 aliphatic carbocycles. The second kappa shape index (κ2) is 7.11. The van der Waals surface area contributed by atoms with E-state index in [-0.39, 0.29) is 23.1 Å². The highest BCUT2D eigenvalue weighted by Crippen LogP contribution is 2.21. The number of hydrogen-bond donors (Lipinski definition) is 3. The number of carboxylic acid groups (broad SMARTS) is 1. The van der Waals surface area contributed by atoms with Gasteiger partial charge < -0.3 is 15.7 Å². The second-order valence-corrected chi connectivity index (χ2v) is 4.63. The van der Waals surface area contributed by atoms with Gasteiger partial charge in [-0.25, -0.2) is 4.79 Å². The molecule has 6 heteroatoms. The Labute approximate surface area is 117 Å². The molecule has 19 heavy (non-hydrogen) atoms. The fourth-order valence-electron chi connectivity index (χ4n) is 1.51. The molecule has 5 nitrogen and oxygen atoms in total. The zero-order valence-corrected chi connectivity index (χ0v) is 11.6. The molecule has 1 aromatic rings. The average molecular weight is 285 g/mol. The average Bonchev–Trinajstić information content (AvgIpc) is 2.37. The van der Waals surface area contributed by atoms with Crippen molar-refractivity contribution in [3.8, 4) is 0 Å². The Kier molecular flexibility index (Phi) is 5.79. The van der Waals surface area contributed by atoms with Gasteiger partial charge in [0, 0.05) is 17.5 Å². The zero-order valence-electron chi connectivity index (χ0n) is 10.9. The highest BCUT2D eigenvalue weighted by Gasteiger charge is 2.16. The summed E-state index contributed by atoms with van der Waals surface area (Å²) in [6.07, 6.45) is 0. The van der Waals surface area contributed by atoms with Gasteiger partial charge in [-0.2, -0.15) is 0 Å². The van der Waals surface area contributed by atoms with Crippen LogP contribution in [0.1, 0.15) is 24.2 Å². The molecule has 1 unspecified atom stereocenters. The Balaban J connectivity index is 2.81. The lowest BCUT2D eigenvalue weighted by atomic mass is 10.1. The van der Waals surface area contributed by atoms with E-state index in [0.29, 0.717) is 11.6 Å². The highest BCUT2D eigenvalue weighted by atomic mass is 35.5. The van der Waals surface area contributed by atoms with Crippen molar-refractivity contribution in [1.29, 1.82) is 0 Å². The maximum Gasteiger partial charge on any atom is 0.337 e. The van der Waals surface area contributed by atoms with Crippen molar-refractivity contribution in [2.45, 2.75) is 13.8 Å². The minimum absolute atomic E-state index is 0.0171. The largest absolute Gasteiger partial charge is 0.478 e. The summed E-state index contributed by atoms with van der Waals surface area (Å²) in [7, 11) is 0. The van der Waals surface area contributed by atoms with Crippen molar-refractivity contribution < 1.29 is 14.7 Å². The summed E-state index contributed by atoms with van der Waals surface area (Å²) in [5.74, 6) is -1.61. The first-order valence-corrected chi connectivity index (χ1v) is 6.38. The summed E-state index contributed by atoms with van der Waals surface area (Å²) >= 11 is 5.74. The van der Waals surface area contributed by atoms with Gasteiger partial charge in [-0.05, 0) is 24.7 Å². The standard InChI is InChI=1S/C13H17ClN2O3/c1-3-15-7-8(2)12(17)16-11-5-4-9(14)6-10(11)13(18)19/h4-6,8,15H,3,7H2,1-2H3,(H,16,17)(H,18,19). The van der Waals surface area contributed by atoms with Crippen LogP contribution in [-0.2, 0) is 4.79 Å². The Bertz CT molecular complexity index is 477. The van der Waals surface area contributed by atoms with Crippen LogP contribution in [0.5, 0.6) is 0 Å². The number of carbonyl (C=O) groups is 2. The second-order valence-electron chi connectivity index (χ2n) is 4.19. The van der Waals surface area contributed by atoms with E-state index in [0.717, 1.165) is 6.54 Å². The lowest BCUT2D eigenvalue weighted by Crippen LogP contribution is -2.30. The maximum absolute atomic E-state index is 11.9. The van der Waals surface area contributed by atoms with Crippen molar-refractivity contribution in [2.24, 2.45) is 5.92 Å². The van der Waals surface area contributed by atoms with Crippen LogP contribution in [0.15, 0.2) is 18.2 Å². The first-order valence-electron chi connectivity index (χ1n) is 6.00. The summed E-state index contributed by atoms with van der Waals surface area (Å²) < 4.78 is 0. The molecule has 0 radical (unpaired) electrons. The molecule has 0 aromatic heterocycles. The summed E-state index contributed by atoms with van der Waals surface area (Å²) in [4.78, 5) is 23.0. The smallest absolute Gasteiger partial charge is 0.337 e. The summed E-state index contributed by atoms with van der Waals surface area (Å²) in [5, 5.41) is 15.0. The van der Waals surface area contributed by atoms with Crippen molar-refractivity contribution in [2.75, 3.05) is 18.4 Å². The third-order valence-corrected chi connectivity index (χ3v) is 2.85. The van der Waals surface area contributed by atoms with Gasteiger partial charge in [-0.15, -0.1) is 0 Å². The molecule has 0 saturated heterocycles. The Morgan fingerprint density at radius 1 is 1.42 bits per heavy atom. The quantitative estimate of drug-likeness (QED) is 0.748. The topological polar surface area (TPSA) is 78.4 Å². The van der Waals surface area contributed by atoms with Crippen LogP contribution in [0.4, 0.5) is 5.69 Å². The van der Waals surface area contributed by atoms with E-state index in [1.165, 1.54) is 12.1 Å². The van der Waals surface area contributed by atoms with Gasteiger partial charge in [0.05, 0.1) is 11.3 Å². The predicted molar refractivity (Wildman–Crippen MR) is 74.7 cm³/mol. The van der Waals surface area contributed by atoms with Crippen LogP contribution < -0.4 is 10.6 Å². The third kappa shape index (κ3) is 4.54. The minimum Gasteiger partial charge on any atom is -0.478 e. The van der Waals surface area contributed by atoms with Crippen LogP contribution in [0, 0.1) is 5.92 Å². The summed E-state index contributed by atoms with van der Waals surface area (Å²) in [5.41, 5.74) is 0.238. The van der Waals surface area contributed by atoms with E-state index in [4.69, 9.17) is 16.7 Å². The third-order valence-electron chi connectivity index (χ3n) is 2.62. The molecular formula is C13H17ClN2O3. The maximum atomic E-state index is 11.9. The van der Waals surface area contributed by atoms with Crippen LogP contribution in [0.3, 0.4) is 0 Å².